The van der Waals surface area contributed by atoms with E-state index in [9.17, 15) is 4.79 Å². The molecule has 110 valence electrons. The molecule has 0 unspecified atom stereocenters. The van der Waals surface area contributed by atoms with Crippen molar-refractivity contribution in [2.24, 2.45) is 0 Å². The molecule has 1 amide bonds. The van der Waals surface area contributed by atoms with Gasteiger partial charge in [-0.15, -0.1) is 0 Å². The van der Waals surface area contributed by atoms with Crippen LogP contribution in [0.3, 0.4) is 0 Å². The van der Waals surface area contributed by atoms with Gasteiger partial charge in [0.25, 0.3) is 5.91 Å². The van der Waals surface area contributed by atoms with E-state index in [4.69, 9.17) is 16.3 Å². The smallest absolute Gasteiger partial charge is 0.262 e. The van der Waals surface area contributed by atoms with Gasteiger partial charge in [-0.25, -0.2) is 0 Å². The summed E-state index contributed by atoms with van der Waals surface area (Å²) in [6, 6.07) is 11.1. The standard InChI is InChI=1S/C17H18ClNO2/c1-11-5-4-6-15(13(11)3)19-17(20)10-21-16-8-7-14(18)9-12(16)2/h4-9H,10H2,1-3H3,(H,19,20). The van der Waals surface area contributed by atoms with Crippen LogP contribution >= 0.6 is 11.6 Å². The van der Waals surface area contributed by atoms with Gasteiger partial charge in [0.05, 0.1) is 0 Å². The number of benzene rings is 2. The van der Waals surface area contributed by atoms with Crippen LogP contribution in [0.25, 0.3) is 0 Å². The number of halogens is 1. The molecule has 0 saturated heterocycles. The average Bonchev–Trinajstić information content (AvgIpc) is 2.43. The van der Waals surface area contributed by atoms with Gasteiger partial charge in [0.1, 0.15) is 5.75 Å². The molecule has 3 nitrogen and oxygen atoms in total. The Morgan fingerprint density at radius 1 is 1.14 bits per heavy atom. The molecule has 0 radical (unpaired) electrons. The fraction of sp³-hybridized carbons (Fsp3) is 0.235. The molecule has 0 spiro atoms. The Morgan fingerprint density at radius 2 is 1.90 bits per heavy atom. The maximum atomic E-state index is 12.0. The van der Waals surface area contributed by atoms with Crippen molar-refractivity contribution in [2.75, 3.05) is 11.9 Å². The predicted molar refractivity (Wildman–Crippen MR) is 86.2 cm³/mol. The van der Waals surface area contributed by atoms with Crippen molar-refractivity contribution in [1.29, 1.82) is 0 Å². The van der Waals surface area contributed by atoms with Crippen LogP contribution in [0.4, 0.5) is 5.69 Å². The quantitative estimate of drug-likeness (QED) is 0.915. The monoisotopic (exact) mass is 303 g/mol. The van der Waals surface area contributed by atoms with Crippen LogP contribution in [-0.2, 0) is 4.79 Å². The number of hydrogen-bond acceptors (Lipinski definition) is 2. The Hall–Kier alpha value is -2.00. The molecule has 0 fully saturated rings. The second-order valence-corrected chi connectivity index (χ2v) is 5.43. The van der Waals surface area contributed by atoms with E-state index in [2.05, 4.69) is 5.32 Å². The van der Waals surface area contributed by atoms with Crippen LogP contribution in [0.5, 0.6) is 5.75 Å². The molecule has 0 aromatic heterocycles. The normalized spacial score (nSPS) is 10.3. The Balaban J connectivity index is 1.97. The van der Waals surface area contributed by atoms with Crippen molar-refractivity contribution in [3.63, 3.8) is 0 Å². The molecule has 0 atom stereocenters. The Morgan fingerprint density at radius 3 is 2.62 bits per heavy atom. The highest BCUT2D eigenvalue weighted by molar-refractivity contribution is 6.30. The number of carbonyl (C=O) groups excluding carboxylic acids is 1. The lowest BCUT2D eigenvalue weighted by molar-refractivity contribution is -0.118. The summed E-state index contributed by atoms with van der Waals surface area (Å²) in [4.78, 5) is 12.0. The molecule has 1 N–H and O–H groups in total. The zero-order valence-electron chi connectivity index (χ0n) is 12.4. The van der Waals surface area contributed by atoms with Crippen molar-refractivity contribution in [1.82, 2.24) is 0 Å². The summed E-state index contributed by atoms with van der Waals surface area (Å²) in [6.45, 7) is 5.85. The molecular weight excluding hydrogens is 286 g/mol. The molecule has 21 heavy (non-hydrogen) atoms. The largest absolute Gasteiger partial charge is 0.483 e. The lowest BCUT2D eigenvalue weighted by atomic mass is 10.1. The molecular formula is C17H18ClNO2. The van der Waals surface area contributed by atoms with Crippen LogP contribution in [0.1, 0.15) is 16.7 Å². The van der Waals surface area contributed by atoms with Gasteiger partial charge in [0.15, 0.2) is 6.61 Å². The number of nitrogens with one attached hydrogen (secondary N) is 1. The summed E-state index contributed by atoms with van der Waals surface area (Å²) in [5.41, 5.74) is 3.93. The number of amides is 1. The van der Waals surface area contributed by atoms with Crippen molar-refractivity contribution < 1.29 is 9.53 Å². The molecule has 2 aromatic carbocycles. The Labute approximate surface area is 129 Å². The van der Waals surface area contributed by atoms with Gasteiger partial charge in [-0.2, -0.15) is 0 Å². The fourth-order valence-electron chi connectivity index (χ4n) is 1.99. The van der Waals surface area contributed by atoms with Gasteiger partial charge in [-0.05, 0) is 61.7 Å². The number of anilines is 1. The van der Waals surface area contributed by atoms with Gasteiger partial charge >= 0.3 is 0 Å². The van der Waals surface area contributed by atoms with E-state index < -0.39 is 0 Å². The minimum Gasteiger partial charge on any atom is -0.483 e. The first-order valence-corrected chi connectivity index (χ1v) is 7.10. The van der Waals surface area contributed by atoms with Gasteiger partial charge in [-0.3, -0.25) is 4.79 Å². The van der Waals surface area contributed by atoms with Crippen LogP contribution < -0.4 is 10.1 Å². The lowest BCUT2D eigenvalue weighted by Gasteiger charge is -2.12. The molecule has 0 aliphatic rings. The van der Waals surface area contributed by atoms with E-state index in [1.54, 1.807) is 18.2 Å². The van der Waals surface area contributed by atoms with E-state index in [-0.39, 0.29) is 12.5 Å². The van der Waals surface area contributed by atoms with Crippen LogP contribution in [0.15, 0.2) is 36.4 Å². The number of aryl methyl sites for hydroxylation is 2. The summed E-state index contributed by atoms with van der Waals surface area (Å²) >= 11 is 5.88. The number of carbonyl (C=O) groups is 1. The summed E-state index contributed by atoms with van der Waals surface area (Å²) in [5.74, 6) is 0.480. The highest BCUT2D eigenvalue weighted by atomic mass is 35.5. The molecule has 2 rings (SSSR count). The Bertz CT molecular complexity index is 668. The van der Waals surface area contributed by atoms with E-state index in [1.807, 2.05) is 39.0 Å². The second kappa shape index (κ2) is 6.64. The summed E-state index contributed by atoms with van der Waals surface area (Å²) < 4.78 is 5.53. The highest BCUT2D eigenvalue weighted by Crippen LogP contribution is 2.22. The molecule has 0 saturated carbocycles. The van der Waals surface area contributed by atoms with Crippen molar-refractivity contribution in [2.45, 2.75) is 20.8 Å². The van der Waals surface area contributed by atoms with Gasteiger partial charge in [0, 0.05) is 10.7 Å². The van der Waals surface area contributed by atoms with Crippen molar-refractivity contribution in [3.8, 4) is 5.75 Å². The molecule has 4 heteroatoms. The molecule has 0 bridgehead atoms. The average molecular weight is 304 g/mol. The van der Waals surface area contributed by atoms with Crippen LogP contribution in [0.2, 0.25) is 5.02 Å². The first-order valence-electron chi connectivity index (χ1n) is 6.72. The summed E-state index contributed by atoms with van der Waals surface area (Å²) in [6.07, 6.45) is 0. The molecule has 0 heterocycles. The summed E-state index contributed by atoms with van der Waals surface area (Å²) in [5, 5.41) is 3.51. The third-order valence-corrected chi connectivity index (χ3v) is 3.61. The van der Waals surface area contributed by atoms with E-state index >= 15 is 0 Å². The topological polar surface area (TPSA) is 38.3 Å². The predicted octanol–water partition coefficient (Wildman–Crippen LogP) is 4.28. The zero-order valence-corrected chi connectivity index (χ0v) is 13.1. The summed E-state index contributed by atoms with van der Waals surface area (Å²) in [7, 11) is 0. The van der Waals surface area contributed by atoms with Crippen LogP contribution in [-0.4, -0.2) is 12.5 Å². The van der Waals surface area contributed by atoms with E-state index in [1.165, 1.54) is 0 Å². The van der Waals surface area contributed by atoms with Crippen LogP contribution in [0, 0.1) is 20.8 Å². The maximum absolute atomic E-state index is 12.0. The van der Waals surface area contributed by atoms with E-state index in [0.717, 1.165) is 22.4 Å². The Kier molecular flexibility index (Phi) is 4.86. The van der Waals surface area contributed by atoms with Gasteiger partial charge in [0.2, 0.25) is 0 Å². The van der Waals surface area contributed by atoms with Gasteiger partial charge < -0.3 is 10.1 Å². The number of rotatable bonds is 4. The first-order chi connectivity index (χ1) is 9.97. The lowest BCUT2D eigenvalue weighted by Crippen LogP contribution is -2.21. The number of ether oxygens (including phenoxy) is 1. The second-order valence-electron chi connectivity index (χ2n) is 4.99. The zero-order chi connectivity index (χ0) is 15.4. The SMILES string of the molecule is Cc1cc(Cl)ccc1OCC(=O)Nc1cccc(C)c1C. The minimum absolute atomic E-state index is 0.0319. The van der Waals surface area contributed by atoms with E-state index in [0.29, 0.717) is 10.8 Å². The van der Waals surface area contributed by atoms with Crippen molar-refractivity contribution >= 4 is 23.2 Å². The first kappa shape index (κ1) is 15.4. The van der Waals surface area contributed by atoms with Gasteiger partial charge in [-0.1, -0.05) is 23.7 Å². The molecule has 0 aliphatic carbocycles. The molecule has 0 aliphatic heterocycles. The number of hydrogen-bond donors (Lipinski definition) is 1. The maximum Gasteiger partial charge on any atom is 0.262 e. The van der Waals surface area contributed by atoms with Crippen molar-refractivity contribution in [3.05, 3.63) is 58.1 Å². The molecule has 2 aromatic rings. The minimum atomic E-state index is -0.182. The third kappa shape index (κ3) is 3.99. The third-order valence-electron chi connectivity index (χ3n) is 3.37. The fourth-order valence-corrected chi connectivity index (χ4v) is 2.22. The highest BCUT2D eigenvalue weighted by Gasteiger charge is 2.08.